The van der Waals surface area contributed by atoms with E-state index in [4.69, 9.17) is 18.0 Å². The molecular formula is C11H9F5N2S. The van der Waals surface area contributed by atoms with Gasteiger partial charge in [0.05, 0.1) is 0 Å². The van der Waals surface area contributed by atoms with E-state index >= 15 is 0 Å². The Labute approximate surface area is 111 Å². The van der Waals surface area contributed by atoms with Gasteiger partial charge in [0, 0.05) is 24.6 Å². The SMILES string of the molecule is NC(=S)N1CCC(c2c(F)c(F)c(F)c(F)c2F)C1. The molecule has 0 bridgehead atoms. The molecule has 2 N–H and O–H groups in total. The van der Waals surface area contributed by atoms with Gasteiger partial charge in [-0.1, -0.05) is 0 Å². The van der Waals surface area contributed by atoms with E-state index in [9.17, 15) is 22.0 Å². The summed E-state index contributed by atoms with van der Waals surface area (Å²) in [5, 5.41) is 0.0337. The zero-order valence-corrected chi connectivity index (χ0v) is 10.3. The first-order valence-corrected chi connectivity index (χ1v) is 5.81. The minimum absolute atomic E-state index is 0.0337. The molecule has 1 atom stereocenters. The average molecular weight is 296 g/mol. The second-order valence-electron chi connectivity index (χ2n) is 4.25. The van der Waals surface area contributed by atoms with Gasteiger partial charge in [0.15, 0.2) is 28.4 Å². The van der Waals surface area contributed by atoms with Crippen LogP contribution in [-0.4, -0.2) is 23.1 Å². The zero-order chi connectivity index (χ0) is 14.3. The highest BCUT2D eigenvalue weighted by molar-refractivity contribution is 7.80. The number of thiocarbonyl (C=S) groups is 1. The van der Waals surface area contributed by atoms with Crippen LogP contribution in [0.25, 0.3) is 0 Å². The van der Waals surface area contributed by atoms with Crippen LogP contribution >= 0.6 is 12.2 Å². The van der Waals surface area contributed by atoms with Gasteiger partial charge in [-0.05, 0) is 18.6 Å². The Morgan fingerprint density at radius 3 is 1.89 bits per heavy atom. The molecule has 0 radical (unpaired) electrons. The molecule has 104 valence electrons. The number of nitrogens with zero attached hydrogens (tertiary/aromatic N) is 1. The van der Waals surface area contributed by atoms with E-state index in [1.54, 1.807) is 0 Å². The molecule has 1 heterocycles. The number of nitrogens with two attached hydrogens (primary N) is 1. The fraction of sp³-hybridized carbons (Fsp3) is 0.364. The molecule has 0 spiro atoms. The second-order valence-corrected chi connectivity index (χ2v) is 4.67. The molecule has 8 heteroatoms. The monoisotopic (exact) mass is 296 g/mol. The highest BCUT2D eigenvalue weighted by atomic mass is 32.1. The van der Waals surface area contributed by atoms with Crippen LogP contribution < -0.4 is 5.73 Å². The van der Waals surface area contributed by atoms with E-state index in [1.807, 2.05) is 0 Å². The lowest BCUT2D eigenvalue weighted by Gasteiger charge is -2.17. The molecule has 19 heavy (non-hydrogen) atoms. The molecule has 1 aliphatic rings. The Bertz CT molecular complexity index is 519. The van der Waals surface area contributed by atoms with Gasteiger partial charge < -0.3 is 10.6 Å². The Balaban J connectivity index is 2.44. The third kappa shape index (κ3) is 2.24. The number of benzene rings is 1. The van der Waals surface area contributed by atoms with Crippen molar-refractivity contribution in [2.24, 2.45) is 5.73 Å². The maximum atomic E-state index is 13.6. The zero-order valence-electron chi connectivity index (χ0n) is 9.52. The Kier molecular flexibility index (Phi) is 3.62. The third-order valence-electron chi connectivity index (χ3n) is 3.15. The van der Waals surface area contributed by atoms with Crippen molar-refractivity contribution in [3.63, 3.8) is 0 Å². The molecule has 1 fully saturated rings. The minimum Gasteiger partial charge on any atom is -0.376 e. The van der Waals surface area contributed by atoms with Crippen molar-refractivity contribution in [3.8, 4) is 0 Å². The van der Waals surface area contributed by atoms with Crippen LogP contribution in [0.3, 0.4) is 0 Å². The van der Waals surface area contributed by atoms with Crippen LogP contribution in [0.2, 0.25) is 0 Å². The topological polar surface area (TPSA) is 29.3 Å². The Morgan fingerprint density at radius 2 is 1.47 bits per heavy atom. The predicted octanol–water partition coefficient (Wildman–Crippen LogP) is 2.42. The lowest BCUT2D eigenvalue weighted by molar-refractivity contribution is 0.363. The lowest BCUT2D eigenvalue weighted by Crippen LogP contribution is -2.33. The smallest absolute Gasteiger partial charge is 0.200 e. The molecule has 1 unspecified atom stereocenters. The molecular weight excluding hydrogens is 287 g/mol. The number of rotatable bonds is 1. The highest BCUT2D eigenvalue weighted by Gasteiger charge is 2.34. The standard InChI is InChI=1S/C11H9F5N2S/c12-6-5(4-1-2-18(3-4)11(17)19)7(13)9(15)10(16)8(6)14/h4H,1-3H2,(H2,17,19). The normalized spacial score (nSPS) is 19.0. The van der Waals surface area contributed by atoms with Crippen molar-refractivity contribution in [1.29, 1.82) is 0 Å². The second kappa shape index (κ2) is 4.92. The van der Waals surface area contributed by atoms with Gasteiger partial charge >= 0.3 is 0 Å². The van der Waals surface area contributed by atoms with Gasteiger partial charge in [-0.2, -0.15) is 0 Å². The molecule has 0 aliphatic carbocycles. The fourth-order valence-electron chi connectivity index (χ4n) is 2.18. The lowest BCUT2D eigenvalue weighted by atomic mass is 9.96. The van der Waals surface area contributed by atoms with Crippen LogP contribution in [0.15, 0.2) is 0 Å². The molecule has 1 aromatic rings. The van der Waals surface area contributed by atoms with E-state index in [0.717, 1.165) is 0 Å². The first kappa shape index (κ1) is 14.0. The molecule has 2 nitrogen and oxygen atoms in total. The minimum atomic E-state index is -2.15. The Morgan fingerprint density at radius 1 is 1.00 bits per heavy atom. The highest BCUT2D eigenvalue weighted by Crippen LogP contribution is 2.34. The van der Waals surface area contributed by atoms with Gasteiger partial charge in [0.1, 0.15) is 0 Å². The third-order valence-corrected chi connectivity index (χ3v) is 3.41. The quantitative estimate of drug-likeness (QED) is 0.373. The van der Waals surface area contributed by atoms with E-state index in [1.165, 1.54) is 4.90 Å². The summed E-state index contributed by atoms with van der Waals surface area (Å²) in [6.45, 7) is 0.354. The first-order valence-electron chi connectivity index (χ1n) is 5.40. The van der Waals surface area contributed by atoms with Crippen molar-refractivity contribution >= 4 is 17.3 Å². The maximum absolute atomic E-state index is 13.6. The molecule has 0 saturated carbocycles. The number of halogens is 5. The van der Waals surface area contributed by atoms with Gasteiger partial charge in [0.25, 0.3) is 0 Å². The summed E-state index contributed by atoms with van der Waals surface area (Å²) in [6.07, 6.45) is 0.218. The van der Waals surface area contributed by atoms with Crippen LogP contribution in [0, 0.1) is 29.1 Å². The summed E-state index contributed by atoms with van der Waals surface area (Å²) in [5.41, 5.74) is 4.56. The van der Waals surface area contributed by atoms with Gasteiger partial charge in [-0.15, -0.1) is 0 Å². The molecule has 1 aliphatic heterocycles. The summed E-state index contributed by atoms with van der Waals surface area (Å²) in [4.78, 5) is 1.46. The van der Waals surface area contributed by atoms with Gasteiger partial charge in [-0.3, -0.25) is 0 Å². The summed E-state index contributed by atoms with van der Waals surface area (Å²) in [5.74, 6) is -10.4. The Hall–Kier alpha value is -1.44. The number of hydrogen-bond donors (Lipinski definition) is 1. The van der Waals surface area contributed by atoms with Gasteiger partial charge in [0.2, 0.25) is 5.82 Å². The summed E-state index contributed by atoms with van der Waals surface area (Å²) in [7, 11) is 0. The summed E-state index contributed by atoms with van der Waals surface area (Å²) >= 11 is 4.70. The van der Waals surface area contributed by atoms with Crippen LogP contribution in [-0.2, 0) is 0 Å². The predicted molar refractivity (Wildman–Crippen MR) is 61.9 cm³/mol. The van der Waals surface area contributed by atoms with Crippen molar-refractivity contribution in [3.05, 3.63) is 34.6 Å². The first-order chi connectivity index (χ1) is 8.84. The van der Waals surface area contributed by atoms with E-state index in [2.05, 4.69) is 0 Å². The van der Waals surface area contributed by atoms with Crippen LogP contribution in [0.5, 0.6) is 0 Å². The van der Waals surface area contributed by atoms with E-state index < -0.39 is 40.6 Å². The van der Waals surface area contributed by atoms with Crippen molar-refractivity contribution in [2.45, 2.75) is 12.3 Å². The van der Waals surface area contributed by atoms with Crippen molar-refractivity contribution in [2.75, 3.05) is 13.1 Å². The summed E-state index contributed by atoms with van der Waals surface area (Å²) < 4.78 is 66.2. The largest absolute Gasteiger partial charge is 0.376 e. The average Bonchev–Trinajstić information content (AvgIpc) is 2.84. The fourth-order valence-corrected chi connectivity index (χ4v) is 2.34. The summed E-state index contributed by atoms with van der Waals surface area (Å²) in [6, 6.07) is 0. The van der Waals surface area contributed by atoms with Crippen LogP contribution in [0.1, 0.15) is 17.9 Å². The van der Waals surface area contributed by atoms with E-state index in [0.29, 0.717) is 6.54 Å². The van der Waals surface area contributed by atoms with Crippen molar-refractivity contribution < 1.29 is 22.0 Å². The van der Waals surface area contributed by atoms with E-state index in [-0.39, 0.29) is 18.1 Å². The van der Waals surface area contributed by atoms with Gasteiger partial charge in [-0.25, -0.2) is 22.0 Å². The maximum Gasteiger partial charge on any atom is 0.200 e. The molecule has 2 rings (SSSR count). The molecule has 0 aromatic heterocycles. The number of hydrogen-bond acceptors (Lipinski definition) is 1. The van der Waals surface area contributed by atoms with Crippen molar-refractivity contribution in [1.82, 2.24) is 4.90 Å². The molecule has 1 aromatic carbocycles. The van der Waals surface area contributed by atoms with Crippen LogP contribution in [0.4, 0.5) is 22.0 Å². The molecule has 0 amide bonds. The molecule has 1 saturated heterocycles. The number of likely N-dealkylation sites (tertiary alicyclic amines) is 1.